The molecule has 0 heterocycles. The molecule has 2 N–H and O–H groups in total. The largest absolute Gasteiger partial charge is 0.493 e. The molecule has 1 aromatic rings. The Kier molecular flexibility index (Phi) is 11.3. The number of unbranched alkanes of at least 4 members (excludes halogenated alkanes) is 1. The number of nitrogens with zero attached hydrogens (tertiary/aromatic N) is 1. The Balaban J connectivity index is 1.70. The molecule has 0 atom stereocenters. The number of rotatable bonds is 11. The summed E-state index contributed by atoms with van der Waals surface area (Å²) in [6, 6.07) is 5.90. The third-order valence-electron chi connectivity index (χ3n) is 5.23. The molecule has 0 radical (unpaired) electrons. The summed E-state index contributed by atoms with van der Waals surface area (Å²) in [7, 11) is 3.29. The minimum atomic E-state index is 0.492. The number of hydrogen-bond donors (Lipinski definition) is 2. The van der Waals surface area contributed by atoms with E-state index in [1.54, 1.807) is 14.2 Å². The molecule has 1 fully saturated rings. The Labute approximate surface area is 176 Å². The molecule has 0 aliphatic heterocycles. The van der Waals surface area contributed by atoms with Crippen molar-refractivity contribution in [3.63, 3.8) is 0 Å². The predicted octanol–water partition coefficient (Wildman–Crippen LogP) is 4.28. The zero-order chi connectivity index (χ0) is 20.7. The molecule has 1 saturated carbocycles. The molecule has 0 bridgehead atoms. The molecular weight excluding hydrogens is 366 g/mol. The number of methoxy groups -OCH3 is 2. The van der Waals surface area contributed by atoms with Crippen molar-refractivity contribution in [3.8, 4) is 11.5 Å². The Morgan fingerprint density at radius 3 is 2.45 bits per heavy atom. The highest BCUT2D eigenvalue weighted by atomic mass is 16.5. The van der Waals surface area contributed by atoms with Crippen LogP contribution in [-0.2, 0) is 11.3 Å². The van der Waals surface area contributed by atoms with Gasteiger partial charge in [-0.05, 0) is 50.3 Å². The van der Waals surface area contributed by atoms with E-state index in [0.29, 0.717) is 12.6 Å². The summed E-state index contributed by atoms with van der Waals surface area (Å²) in [5.74, 6) is 2.30. The Morgan fingerprint density at radius 2 is 1.76 bits per heavy atom. The van der Waals surface area contributed by atoms with Gasteiger partial charge in [0.05, 0.1) is 26.9 Å². The van der Waals surface area contributed by atoms with Gasteiger partial charge in [-0.2, -0.15) is 0 Å². The summed E-state index contributed by atoms with van der Waals surface area (Å²) < 4.78 is 16.7. The molecule has 0 unspecified atom stereocenters. The number of ether oxygens (including phenoxy) is 3. The molecule has 0 amide bonds. The second-order valence-corrected chi connectivity index (χ2v) is 7.50. The Morgan fingerprint density at radius 1 is 1.00 bits per heavy atom. The topological polar surface area (TPSA) is 64.1 Å². The number of guanidine groups is 1. The van der Waals surface area contributed by atoms with Crippen LogP contribution in [0, 0.1) is 0 Å². The maximum absolute atomic E-state index is 6.07. The predicted molar refractivity (Wildman–Crippen MR) is 119 cm³/mol. The van der Waals surface area contributed by atoms with E-state index < -0.39 is 0 Å². The summed E-state index contributed by atoms with van der Waals surface area (Å²) in [6.45, 7) is 5.26. The quantitative estimate of drug-likeness (QED) is 0.249. The van der Waals surface area contributed by atoms with E-state index in [9.17, 15) is 0 Å². The first kappa shape index (κ1) is 23.3. The average molecular weight is 406 g/mol. The molecule has 0 spiro atoms. The van der Waals surface area contributed by atoms with Gasteiger partial charge in [-0.1, -0.05) is 31.7 Å². The molecular formula is C23H39N3O3. The molecule has 1 aliphatic rings. The zero-order valence-corrected chi connectivity index (χ0v) is 18.5. The highest BCUT2D eigenvalue weighted by molar-refractivity contribution is 5.79. The van der Waals surface area contributed by atoms with Crippen LogP contribution >= 0.6 is 0 Å². The van der Waals surface area contributed by atoms with E-state index in [1.165, 1.54) is 38.5 Å². The first-order valence-electron chi connectivity index (χ1n) is 11.1. The summed E-state index contributed by atoms with van der Waals surface area (Å²) in [6.07, 6.45) is 10.5. The van der Waals surface area contributed by atoms with E-state index in [1.807, 2.05) is 18.2 Å². The van der Waals surface area contributed by atoms with Gasteiger partial charge in [0.1, 0.15) is 0 Å². The second kappa shape index (κ2) is 14.1. The molecule has 2 rings (SSSR count). The monoisotopic (exact) mass is 405 g/mol. The number of nitrogens with one attached hydrogen (secondary N) is 2. The van der Waals surface area contributed by atoms with Crippen molar-refractivity contribution in [2.45, 2.75) is 70.9 Å². The van der Waals surface area contributed by atoms with Crippen LogP contribution in [0.2, 0.25) is 0 Å². The lowest BCUT2D eigenvalue weighted by atomic mass is 10.1. The van der Waals surface area contributed by atoms with Gasteiger partial charge in [0.25, 0.3) is 0 Å². The van der Waals surface area contributed by atoms with Crippen molar-refractivity contribution in [3.05, 3.63) is 23.8 Å². The van der Waals surface area contributed by atoms with Crippen LogP contribution in [0.3, 0.4) is 0 Å². The van der Waals surface area contributed by atoms with Gasteiger partial charge in [-0.15, -0.1) is 0 Å². The van der Waals surface area contributed by atoms with Crippen molar-refractivity contribution in [2.24, 2.45) is 4.99 Å². The van der Waals surface area contributed by atoms with Crippen LogP contribution in [0.25, 0.3) is 0 Å². The minimum absolute atomic E-state index is 0.492. The second-order valence-electron chi connectivity index (χ2n) is 7.50. The van der Waals surface area contributed by atoms with Crippen LogP contribution in [0.15, 0.2) is 23.2 Å². The van der Waals surface area contributed by atoms with Gasteiger partial charge in [0.2, 0.25) is 0 Å². The van der Waals surface area contributed by atoms with Crippen LogP contribution in [0.1, 0.15) is 63.9 Å². The smallest absolute Gasteiger partial charge is 0.191 e. The highest BCUT2D eigenvalue weighted by Gasteiger charge is 2.12. The van der Waals surface area contributed by atoms with Gasteiger partial charge in [0, 0.05) is 19.7 Å². The Bertz CT molecular complexity index is 599. The lowest BCUT2D eigenvalue weighted by Crippen LogP contribution is -2.37. The normalized spacial score (nSPS) is 15.6. The van der Waals surface area contributed by atoms with Gasteiger partial charge in [0.15, 0.2) is 17.5 Å². The molecule has 6 heteroatoms. The van der Waals surface area contributed by atoms with E-state index in [4.69, 9.17) is 14.2 Å². The third kappa shape index (κ3) is 8.94. The number of benzene rings is 1. The van der Waals surface area contributed by atoms with Crippen LogP contribution in [-0.4, -0.2) is 46.0 Å². The van der Waals surface area contributed by atoms with Gasteiger partial charge in [-0.25, -0.2) is 4.99 Å². The standard InChI is InChI=1S/C23H39N3O3/c1-4-24-23(26-18-19-13-14-21(27-2)22(17-19)28-3)25-15-9-10-16-29-20-11-7-5-6-8-12-20/h13-14,17,20H,4-12,15-16,18H2,1-3H3,(H2,24,25,26). The summed E-state index contributed by atoms with van der Waals surface area (Å²) in [4.78, 5) is 4.68. The van der Waals surface area contributed by atoms with Crippen molar-refractivity contribution < 1.29 is 14.2 Å². The number of aliphatic imine (C=N–C) groups is 1. The minimum Gasteiger partial charge on any atom is -0.493 e. The summed E-state index contributed by atoms with van der Waals surface area (Å²) >= 11 is 0. The molecule has 0 aromatic heterocycles. The highest BCUT2D eigenvalue weighted by Crippen LogP contribution is 2.27. The Hall–Kier alpha value is -1.95. The van der Waals surface area contributed by atoms with Crippen LogP contribution in [0.5, 0.6) is 11.5 Å². The maximum Gasteiger partial charge on any atom is 0.191 e. The molecule has 164 valence electrons. The van der Waals surface area contributed by atoms with Crippen molar-refractivity contribution in [1.29, 1.82) is 0 Å². The first-order chi connectivity index (χ1) is 14.3. The maximum atomic E-state index is 6.07. The number of hydrogen-bond acceptors (Lipinski definition) is 4. The zero-order valence-electron chi connectivity index (χ0n) is 18.5. The molecule has 0 saturated heterocycles. The van der Waals surface area contributed by atoms with E-state index in [2.05, 4.69) is 22.5 Å². The fourth-order valence-electron chi connectivity index (χ4n) is 3.58. The first-order valence-corrected chi connectivity index (χ1v) is 11.1. The molecule has 6 nitrogen and oxygen atoms in total. The summed E-state index contributed by atoms with van der Waals surface area (Å²) in [5.41, 5.74) is 1.08. The molecule has 29 heavy (non-hydrogen) atoms. The van der Waals surface area contributed by atoms with Crippen molar-refractivity contribution in [2.75, 3.05) is 33.9 Å². The lowest BCUT2D eigenvalue weighted by molar-refractivity contribution is 0.0411. The fraction of sp³-hybridized carbons (Fsp3) is 0.696. The van der Waals surface area contributed by atoms with Crippen molar-refractivity contribution >= 4 is 5.96 Å². The van der Waals surface area contributed by atoms with Gasteiger partial charge in [-0.3, -0.25) is 0 Å². The van der Waals surface area contributed by atoms with Crippen molar-refractivity contribution in [1.82, 2.24) is 10.6 Å². The molecule has 1 aromatic carbocycles. The summed E-state index contributed by atoms with van der Waals surface area (Å²) in [5, 5.41) is 6.72. The average Bonchev–Trinajstić information content (AvgIpc) is 3.02. The third-order valence-corrected chi connectivity index (χ3v) is 5.23. The van der Waals surface area contributed by atoms with E-state index in [0.717, 1.165) is 55.6 Å². The SMILES string of the molecule is CCNC(=NCc1ccc(OC)c(OC)c1)NCCCCOC1CCCCCC1. The molecule has 1 aliphatic carbocycles. The van der Waals surface area contributed by atoms with E-state index >= 15 is 0 Å². The van der Waals surface area contributed by atoms with Gasteiger partial charge < -0.3 is 24.8 Å². The van der Waals surface area contributed by atoms with Crippen LogP contribution < -0.4 is 20.1 Å². The van der Waals surface area contributed by atoms with Crippen LogP contribution in [0.4, 0.5) is 0 Å². The fourth-order valence-corrected chi connectivity index (χ4v) is 3.58. The van der Waals surface area contributed by atoms with E-state index in [-0.39, 0.29) is 0 Å². The van der Waals surface area contributed by atoms with Gasteiger partial charge >= 0.3 is 0 Å². The lowest BCUT2D eigenvalue weighted by Gasteiger charge is -2.15.